The Bertz CT molecular complexity index is 822. The molecule has 1 heterocycles. The molecule has 128 valence electrons. The van der Waals surface area contributed by atoms with Crippen molar-refractivity contribution < 1.29 is 4.79 Å². The summed E-state index contributed by atoms with van der Waals surface area (Å²) in [5, 5.41) is 13.0. The smallest absolute Gasteiger partial charge is 0.226 e. The summed E-state index contributed by atoms with van der Waals surface area (Å²) in [6.07, 6.45) is 1.25. The highest BCUT2D eigenvalue weighted by Gasteiger charge is 2.09. The van der Waals surface area contributed by atoms with Gasteiger partial charge in [-0.25, -0.2) is 0 Å². The van der Waals surface area contributed by atoms with Crippen molar-refractivity contribution >= 4 is 45.7 Å². The van der Waals surface area contributed by atoms with Crippen molar-refractivity contribution in [2.45, 2.75) is 17.7 Å². The van der Waals surface area contributed by atoms with Crippen molar-refractivity contribution in [2.75, 3.05) is 11.1 Å². The number of hydrogen-bond acceptors (Lipinski definition) is 5. The Kier molecular flexibility index (Phi) is 6.44. The number of hydrogen-bond donors (Lipinski definition) is 1. The molecule has 2 aromatic carbocycles. The number of halogens is 1. The van der Waals surface area contributed by atoms with E-state index >= 15 is 0 Å². The van der Waals surface area contributed by atoms with E-state index in [2.05, 4.69) is 15.5 Å². The molecule has 0 bridgehead atoms. The molecule has 0 aliphatic rings. The summed E-state index contributed by atoms with van der Waals surface area (Å²) in [7, 11) is 0. The summed E-state index contributed by atoms with van der Waals surface area (Å²) in [4.78, 5) is 13.2. The van der Waals surface area contributed by atoms with E-state index in [1.807, 2.05) is 54.6 Å². The first-order chi connectivity index (χ1) is 12.2. The third-order valence-electron chi connectivity index (χ3n) is 3.32. The lowest BCUT2D eigenvalue weighted by Gasteiger charge is -2.02. The largest absolute Gasteiger partial charge is 0.301 e. The van der Waals surface area contributed by atoms with Gasteiger partial charge >= 0.3 is 0 Å². The van der Waals surface area contributed by atoms with E-state index in [0.717, 1.165) is 32.7 Å². The van der Waals surface area contributed by atoms with Gasteiger partial charge in [0.1, 0.15) is 5.01 Å². The van der Waals surface area contributed by atoms with Crippen LogP contribution in [0.3, 0.4) is 0 Å². The van der Waals surface area contributed by atoms with Gasteiger partial charge < -0.3 is 5.32 Å². The van der Waals surface area contributed by atoms with Gasteiger partial charge in [0.15, 0.2) is 0 Å². The number of nitrogens with one attached hydrogen (secondary N) is 1. The summed E-state index contributed by atoms with van der Waals surface area (Å²) < 4.78 is 0. The van der Waals surface area contributed by atoms with Gasteiger partial charge in [0, 0.05) is 21.9 Å². The summed E-state index contributed by atoms with van der Waals surface area (Å²) in [6, 6.07) is 17.5. The molecule has 3 aromatic rings. The summed E-state index contributed by atoms with van der Waals surface area (Å²) in [5.41, 5.74) is 1.000. The topological polar surface area (TPSA) is 54.9 Å². The number of carbonyl (C=O) groups excluding carboxylic acids is 1. The van der Waals surface area contributed by atoms with Gasteiger partial charge in [-0.15, -0.1) is 22.0 Å². The van der Waals surface area contributed by atoms with Crippen LogP contribution in [0.2, 0.25) is 5.02 Å². The second-order valence-electron chi connectivity index (χ2n) is 5.23. The van der Waals surface area contributed by atoms with Crippen LogP contribution in [-0.2, 0) is 4.79 Å². The van der Waals surface area contributed by atoms with Crippen molar-refractivity contribution in [3.05, 3.63) is 59.6 Å². The Morgan fingerprint density at radius 3 is 2.60 bits per heavy atom. The van der Waals surface area contributed by atoms with Crippen molar-refractivity contribution in [1.29, 1.82) is 0 Å². The molecule has 1 amide bonds. The Morgan fingerprint density at radius 2 is 1.84 bits per heavy atom. The number of aromatic nitrogens is 2. The molecule has 4 nitrogen and oxygen atoms in total. The molecule has 25 heavy (non-hydrogen) atoms. The zero-order valence-corrected chi connectivity index (χ0v) is 15.7. The zero-order chi connectivity index (χ0) is 17.5. The molecule has 0 unspecified atom stereocenters. The Hall–Kier alpha value is -1.89. The molecule has 0 aliphatic heterocycles. The van der Waals surface area contributed by atoms with Crippen LogP contribution in [0.15, 0.2) is 59.5 Å². The molecule has 0 aliphatic carbocycles. The van der Waals surface area contributed by atoms with Gasteiger partial charge in [-0.1, -0.05) is 53.3 Å². The van der Waals surface area contributed by atoms with Gasteiger partial charge in [-0.3, -0.25) is 4.79 Å². The van der Waals surface area contributed by atoms with Crippen LogP contribution in [0.4, 0.5) is 5.13 Å². The minimum Gasteiger partial charge on any atom is -0.301 e. The van der Waals surface area contributed by atoms with E-state index in [0.29, 0.717) is 11.6 Å². The van der Waals surface area contributed by atoms with Crippen LogP contribution in [0, 0.1) is 0 Å². The van der Waals surface area contributed by atoms with E-state index in [4.69, 9.17) is 11.6 Å². The summed E-state index contributed by atoms with van der Waals surface area (Å²) >= 11 is 8.95. The predicted molar refractivity (Wildman–Crippen MR) is 105 cm³/mol. The highest BCUT2D eigenvalue weighted by atomic mass is 35.5. The molecule has 7 heteroatoms. The van der Waals surface area contributed by atoms with E-state index in [1.54, 1.807) is 11.8 Å². The van der Waals surface area contributed by atoms with E-state index < -0.39 is 0 Å². The van der Waals surface area contributed by atoms with E-state index in [-0.39, 0.29) is 5.91 Å². The highest BCUT2D eigenvalue weighted by Crippen LogP contribution is 2.26. The lowest BCUT2D eigenvalue weighted by Crippen LogP contribution is -2.11. The SMILES string of the molecule is O=C(CCCSc1ccc(Cl)cc1)Nc1nnc(-c2ccccc2)s1. The van der Waals surface area contributed by atoms with E-state index in [9.17, 15) is 4.79 Å². The van der Waals surface area contributed by atoms with Crippen molar-refractivity contribution in [3.8, 4) is 10.6 Å². The second-order valence-corrected chi connectivity index (χ2v) is 7.81. The highest BCUT2D eigenvalue weighted by molar-refractivity contribution is 7.99. The standard InChI is InChI=1S/C18H16ClN3OS2/c19-14-8-10-15(11-9-14)24-12-4-7-16(23)20-18-22-21-17(25-18)13-5-2-1-3-6-13/h1-3,5-6,8-11H,4,7,12H2,(H,20,22,23). The van der Waals surface area contributed by atoms with Crippen molar-refractivity contribution in [1.82, 2.24) is 10.2 Å². The average Bonchev–Trinajstić information content (AvgIpc) is 3.09. The van der Waals surface area contributed by atoms with Crippen LogP contribution in [0.1, 0.15) is 12.8 Å². The van der Waals surface area contributed by atoms with Crippen LogP contribution in [-0.4, -0.2) is 21.9 Å². The molecule has 0 fully saturated rings. The molecular formula is C18H16ClN3OS2. The molecule has 0 radical (unpaired) electrons. The molecular weight excluding hydrogens is 374 g/mol. The third-order valence-corrected chi connectivity index (χ3v) is 5.56. The van der Waals surface area contributed by atoms with Crippen molar-refractivity contribution in [2.24, 2.45) is 0 Å². The first kappa shape index (κ1) is 17.9. The first-order valence-corrected chi connectivity index (χ1v) is 9.96. The lowest BCUT2D eigenvalue weighted by molar-refractivity contribution is -0.116. The normalized spacial score (nSPS) is 10.6. The predicted octanol–water partition coefficient (Wildman–Crippen LogP) is 5.37. The molecule has 0 saturated heterocycles. The molecule has 3 rings (SSSR count). The Balaban J connectivity index is 1.42. The number of rotatable bonds is 7. The van der Waals surface area contributed by atoms with Gasteiger partial charge in [0.2, 0.25) is 11.0 Å². The minimum absolute atomic E-state index is 0.0348. The fraction of sp³-hybridized carbons (Fsp3) is 0.167. The molecule has 0 spiro atoms. The fourth-order valence-corrected chi connectivity index (χ4v) is 3.85. The maximum Gasteiger partial charge on any atom is 0.226 e. The fourth-order valence-electron chi connectivity index (χ4n) is 2.11. The Morgan fingerprint density at radius 1 is 1.08 bits per heavy atom. The van der Waals surface area contributed by atoms with Crippen molar-refractivity contribution in [3.63, 3.8) is 0 Å². The summed E-state index contributed by atoms with van der Waals surface area (Å²) in [5.74, 6) is 0.841. The van der Waals surface area contributed by atoms with Gasteiger partial charge in [-0.05, 0) is 36.4 Å². The molecule has 1 aromatic heterocycles. The second kappa shape index (κ2) is 8.99. The number of thioether (sulfide) groups is 1. The molecule has 1 N–H and O–H groups in total. The van der Waals surface area contributed by atoms with Crippen LogP contribution < -0.4 is 5.32 Å². The summed E-state index contributed by atoms with van der Waals surface area (Å²) in [6.45, 7) is 0. The first-order valence-electron chi connectivity index (χ1n) is 7.78. The van der Waals surface area contributed by atoms with Gasteiger partial charge in [0.05, 0.1) is 0 Å². The van der Waals surface area contributed by atoms with Crippen LogP contribution >= 0.6 is 34.7 Å². The number of amides is 1. The number of benzene rings is 2. The third kappa shape index (κ3) is 5.56. The van der Waals surface area contributed by atoms with Crippen LogP contribution in [0.25, 0.3) is 10.6 Å². The number of anilines is 1. The minimum atomic E-state index is -0.0348. The number of carbonyl (C=O) groups is 1. The average molecular weight is 390 g/mol. The van der Waals surface area contributed by atoms with Gasteiger partial charge in [0.25, 0.3) is 0 Å². The molecule has 0 saturated carbocycles. The van der Waals surface area contributed by atoms with Gasteiger partial charge in [-0.2, -0.15) is 0 Å². The lowest BCUT2D eigenvalue weighted by atomic mass is 10.2. The Labute approximate surface area is 159 Å². The maximum absolute atomic E-state index is 12.0. The van der Waals surface area contributed by atoms with Crippen LogP contribution in [0.5, 0.6) is 0 Å². The van der Waals surface area contributed by atoms with E-state index in [1.165, 1.54) is 11.3 Å². The molecule has 0 atom stereocenters. The number of nitrogens with zero attached hydrogens (tertiary/aromatic N) is 2. The zero-order valence-electron chi connectivity index (χ0n) is 13.3. The maximum atomic E-state index is 12.0. The quantitative estimate of drug-likeness (QED) is 0.436. The monoisotopic (exact) mass is 389 g/mol.